The predicted molar refractivity (Wildman–Crippen MR) is 53.7 cm³/mol. The van der Waals surface area contributed by atoms with Crippen molar-refractivity contribution in [3.63, 3.8) is 0 Å². The Labute approximate surface area is 71.7 Å². The van der Waals surface area contributed by atoms with Crippen molar-refractivity contribution in [3.05, 3.63) is 23.2 Å². The molecule has 0 fully saturated rings. The van der Waals surface area contributed by atoms with E-state index in [-0.39, 0.29) is 0 Å². The number of hydrogen-bond acceptors (Lipinski definition) is 2. The normalized spacial score (nSPS) is 10.7. The van der Waals surface area contributed by atoms with Crippen LogP contribution in [-0.2, 0) is 0 Å². The Bertz CT molecular complexity index is 394. The first-order valence-corrected chi connectivity index (χ1v) is 4.78. The Morgan fingerprint density at radius 2 is 2.27 bits per heavy atom. The highest BCUT2D eigenvalue weighted by atomic mass is 32.1. The van der Waals surface area contributed by atoms with Crippen LogP contribution < -0.4 is 5.30 Å². The van der Waals surface area contributed by atoms with E-state index in [0.29, 0.717) is 0 Å². The molecule has 0 N–H and O–H groups in total. The molecular weight excluding hydrogens is 173 g/mol. The van der Waals surface area contributed by atoms with Crippen LogP contribution in [0.5, 0.6) is 0 Å². The molecule has 0 aliphatic carbocycles. The molecular formula is C8H8NPS. The molecule has 1 unspecified atom stereocenters. The van der Waals surface area contributed by atoms with E-state index in [1.807, 2.05) is 19.1 Å². The molecule has 0 aliphatic rings. The Balaban J connectivity index is 2.90. The molecule has 2 rings (SSSR count). The molecule has 1 aromatic carbocycles. The number of benzene rings is 1. The molecule has 0 saturated carbocycles. The summed E-state index contributed by atoms with van der Waals surface area (Å²) in [5, 5.41) is 2.38. The highest BCUT2D eigenvalue weighted by molar-refractivity contribution is 7.32. The molecule has 1 aromatic heterocycles. The molecule has 1 heterocycles. The van der Waals surface area contributed by atoms with Crippen LogP contribution in [0.4, 0.5) is 0 Å². The Kier molecular flexibility index (Phi) is 1.67. The van der Waals surface area contributed by atoms with E-state index in [1.165, 1.54) is 10.0 Å². The molecule has 1 nitrogen and oxygen atoms in total. The topological polar surface area (TPSA) is 12.9 Å². The minimum atomic E-state index is 1.11. The molecule has 0 bridgehead atoms. The van der Waals surface area contributed by atoms with Crippen molar-refractivity contribution in [2.75, 3.05) is 0 Å². The van der Waals surface area contributed by atoms with Crippen LogP contribution in [0.3, 0.4) is 0 Å². The number of hydrogen-bond donors (Lipinski definition) is 0. The van der Waals surface area contributed by atoms with Gasteiger partial charge in [-0.25, -0.2) is 4.98 Å². The van der Waals surface area contributed by atoms with Gasteiger partial charge in [0.25, 0.3) is 0 Å². The van der Waals surface area contributed by atoms with Crippen LogP contribution in [0.25, 0.3) is 10.2 Å². The lowest BCUT2D eigenvalue weighted by Crippen LogP contribution is -1.86. The zero-order valence-corrected chi connectivity index (χ0v) is 8.14. The molecule has 2 aromatic rings. The first-order chi connectivity index (χ1) is 5.27. The number of thiazole rings is 1. The van der Waals surface area contributed by atoms with E-state index in [0.717, 1.165) is 10.5 Å². The first-order valence-electron chi connectivity index (χ1n) is 3.39. The Morgan fingerprint density at radius 1 is 1.45 bits per heavy atom. The minimum absolute atomic E-state index is 1.11. The highest BCUT2D eigenvalue weighted by Gasteiger charge is 2.00. The predicted octanol–water partition coefficient (Wildman–Crippen LogP) is 2.11. The van der Waals surface area contributed by atoms with Crippen molar-refractivity contribution >= 4 is 36.1 Å². The van der Waals surface area contributed by atoms with Gasteiger partial charge in [-0.05, 0) is 18.3 Å². The molecule has 0 spiro atoms. The fraction of sp³-hybridized carbons (Fsp3) is 0.125. The summed E-state index contributed by atoms with van der Waals surface area (Å²) in [7, 11) is 2.73. The van der Waals surface area contributed by atoms with Crippen molar-refractivity contribution in [3.8, 4) is 0 Å². The fourth-order valence-corrected chi connectivity index (χ4v) is 2.36. The van der Waals surface area contributed by atoms with Gasteiger partial charge in [0.2, 0.25) is 0 Å². The van der Waals surface area contributed by atoms with Gasteiger partial charge >= 0.3 is 0 Å². The second kappa shape index (κ2) is 2.54. The van der Waals surface area contributed by atoms with Gasteiger partial charge in [-0.3, -0.25) is 0 Å². The maximum Gasteiger partial charge on any atom is 0.0908 e. The lowest BCUT2D eigenvalue weighted by atomic mass is 10.3. The summed E-state index contributed by atoms with van der Waals surface area (Å²) < 4.78 is 1.29. The first kappa shape index (κ1) is 7.20. The molecule has 0 aliphatic heterocycles. The lowest BCUT2D eigenvalue weighted by Gasteiger charge is -1.89. The second-order valence-corrected chi connectivity index (χ2v) is 4.25. The highest BCUT2D eigenvalue weighted by Crippen LogP contribution is 2.20. The molecule has 56 valence electrons. The summed E-state index contributed by atoms with van der Waals surface area (Å²) >= 11 is 1.75. The summed E-state index contributed by atoms with van der Waals surface area (Å²) in [5.41, 5.74) is 1.11. The zero-order valence-electron chi connectivity index (χ0n) is 6.16. The summed E-state index contributed by atoms with van der Waals surface area (Å²) in [6.07, 6.45) is 0. The Hall–Kier alpha value is -0.460. The van der Waals surface area contributed by atoms with Crippen LogP contribution in [0.1, 0.15) is 5.01 Å². The van der Waals surface area contributed by atoms with Crippen LogP contribution in [0.2, 0.25) is 0 Å². The average Bonchev–Trinajstić information content (AvgIpc) is 2.31. The van der Waals surface area contributed by atoms with E-state index in [4.69, 9.17) is 0 Å². The number of aromatic nitrogens is 1. The van der Waals surface area contributed by atoms with Crippen molar-refractivity contribution < 1.29 is 0 Å². The van der Waals surface area contributed by atoms with Gasteiger partial charge in [-0.2, -0.15) is 0 Å². The quantitative estimate of drug-likeness (QED) is 0.567. The van der Waals surface area contributed by atoms with Gasteiger partial charge in [-0.1, -0.05) is 12.1 Å². The zero-order chi connectivity index (χ0) is 7.84. The largest absolute Gasteiger partial charge is 0.241 e. The maximum absolute atomic E-state index is 4.38. The van der Waals surface area contributed by atoms with Crippen molar-refractivity contribution in [2.45, 2.75) is 6.92 Å². The summed E-state index contributed by atoms with van der Waals surface area (Å²) in [5.74, 6) is 0. The molecule has 0 saturated heterocycles. The lowest BCUT2D eigenvalue weighted by molar-refractivity contribution is 1.35. The standard InChI is InChI=1S/C8H8NPS/c1-5-9-6-3-2-4-7(10)8(6)11-5/h2-4H,10H2,1H3. The third kappa shape index (κ3) is 1.17. The summed E-state index contributed by atoms with van der Waals surface area (Å²) in [6, 6.07) is 6.17. The van der Waals surface area contributed by atoms with E-state index in [9.17, 15) is 0 Å². The van der Waals surface area contributed by atoms with Gasteiger partial charge < -0.3 is 0 Å². The molecule has 11 heavy (non-hydrogen) atoms. The van der Waals surface area contributed by atoms with Crippen LogP contribution in [-0.4, -0.2) is 4.98 Å². The monoisotopic (exact) mass is 181 g/mol. The van der Waals surface area contributed by atoms with Crippen molar-refractivity contribution in [1.82, 2.24) is 4.98 Å². The number of aryl methyl sites for hydroxylation is 1. The maximum atomic E-state index is 4.38. The van der Waals surface area contributed by atoms with Crippen LogP contribution in [0.15, 0.2) is 18.2 Å². The van der Waals surface area contributed by atoms with E-state index >= 15 is 0 Å². The summed E-state index contributed by atoms with van der Waals surface area (Å²) in [4.78, 5) is 4.38. The Morgan fingerprint density at radius 3 is 3.00 bits per heavy atom. The molecule has 1 atom stereocenters. The van der Waals surface area contributed by atoms with Crippen LogP contribution >= 0.6 is 20.6 Å². The van der Waals surface area contributed by atoms with E-state index in [2.05, 4.69) is 20.3 Å². The second-order valence-electron chi connectivity index (χ2n) is 2.43. The van der Waals surface area contributed by atoms with E-state index in [1.54, 1.807) is 11.3 Å². The molecule has 0 amide bonds. The molecule has 3 heteroatoms. The van der Waals surface area contributed by atoms with E-state index < -0.39 is 0 Å². The molecule has 0 radical (unpaired) electrons. The number of nitrogens with zero attached hydrogens (tertiary/aromatic N) is 1. The third-order valence-electron chi connectivity index (χ3n) is 1.55. The minimum Gasteiger partial charge on any atom is -0.241 e. The van der Waals surface area contributed by atoms with Gasteiger partial charge in [0.05, 0.1) is 15.2 Å². The third-order valence-corrected chi connectivity index (χ3v) is 3.28. The average molecular weight is 181 g/mol. The fourth-order valence-electron chi connectivity index (χ4n) is 1.08. The van der Waals surface area contributed by atoms with Crippen molar-refractivity contribution in [2.24, 2.45) is 0 Å². The van der Waals surface area contributed by atoms with Crippen molar-refractivity contribution in [1.29, 1.82) is 0 Å². The smallest absolute Gasteiger partial charge is 0.0908 e. The van der Waals surface area contributed by atoms with Gasteiger partial charge in [0, 0.05) is 0 Å². The van der Waals surface area contributed by atoms with Crippen LogP contribution in [0, 0.1) is 6.92 Å². The SMILES string of the molecule is Cc1nc2cccc(P)c2s1. The van der Waals surface area contributed by atoms with Gasteiger partial charge in [-0.15, -0.1) is 20.6 Å². The van der Waals surface area contributed by atoms with Gasteiger partial charge in [0.15, 0.2) is 0 Å². The number of rotatable bonds is 0. The summed E-state index contributed by atoms with van der Waals surface area (Å²) in [6.45, 7) is 2.04. The van der Waals surface area contributed by atoms with Gasteiger partial charge in [0.1, 0.15) is 0 Å². The number of fused-ring (bicyclic) bond motifs is 1.